The predicted molar refractivity (Wildman–Crippen MR) is 98.3 cm³/mol. The van der Waals surface area contributed by atoms with Gasteiger partial charge in [0.05, 0.1) is 11.1 Å². The fourth-order valence-electron chi connectivity index (χ4n) is 2.54. The molecule has 1 atom stereocenters. The number of carbonyl (C=O) groups excluding carboxylic acids is 1. The molecule has 0 aliphatic carbocycles. The van der Waals surface area contributed by atoms with Gasteiger partial charge in [-0.1, -0.05) is 13.0 Å². The molecule has 0 bridgehead atoms. The van der Waals surface area contributed by atoms with Crippen molar-refractivity contribution in [2.75, 3.05) is 26.2 Å². The lowest BCUT2D eigenvalue weighted by atomic mass is 10.1. The Morgan fingerprint density at radius 2 is 2.16 bits per heavy atom. The summed E-state index contributed by atoms with van der Waals surface area (Å²) in [7, 11) is 0. The SMILES string of the molecule is C[C@H]1COc2c(ccc(Br)c2F)CNCCN(C(=O)OC(C)(C)C)C1. The average molecular weight is 417 g/mol. The Balaban J connectivity index is 2.13. The number of halogens is 2. The number of rotatable bonds is 0. The predicted octanol–water partition coefficient (Wildman–Crippen LogP) is 3.94. The molecule has 1 aromatic carbocycles. The number of nitrogens with one attached hydrogen (secondary N) is 1. The van der Waals surface area contributed by atoms with E-state index in [1.54, 1.807) is 11.0 Å². The molecule has 0 saturated carbocycles. The Morgan fingerprint density at radius 3 is 2.84 bits per heavy atom. The second kappa shape index (κ2) is 8.36. The Kier molecular flexibility index (Phi) is 6.68. The lowest BCUT2D eigenvalue weighted by Gasteiger charge is -2.29. The van der Waals surface area contributed by atoms with Crippen LogP contribution in [0, 0.1) is 11.7 Å². The monoisotopic (exact) mass is 416 g/mol. The first-order chi connectivity index (χ1) is 11.7. The van der Waals surface area contributed by atoms with Gasteiger partial charge in [-0.05, 0) is 42.8 Å². The van der Waals surface area contributed by atoms with E-state index in [1.165, 1.54) is 0 Å². The van der Waals surface area contributed by atoms with Crippen LogP contribution in [0.15, 0.2) is 16.6 Å². The molecule has 1 amide bonds. The molecule has 0 radical (unpaired) electrons. The summed E-state index contributed by atoms with van der Waals surface area (Å²) in [6, 6.07) is 3.51. The van der Waals surface area contributed by atoms with Gasteiger partial charge in [0.1, 0.15) is 5.60 Å². The maximum atomic E-state index is 14.4. The first-order valence-corrected chi connectivity index (χ1v) is 9.25. The highest BCUT2D eigenvalue weighted by atomic mass is 79.9. The number of ether oxygens (including phenoxy) is 2. The molecule has 0 saturated heterocycles. The quantitative estimate of drug-likeness (QED) is 0.695. The third-order valence-corrected chi connectivity index (χ3v) is 4.31. The first-order valence-electron chi connectivity index (χ1n) is 8.45. The van der Waals surface area contributed by atoms with Crippen molar-refractivity contribution in [2.45, 2.75) is 39.8 Å². The van der Waals surface area contributed by atoms with E-state index in [0.29, 0.717) is 37.3 Å². The lowest BCUT2D eigenvalue weighted by Crippen LogP contribution is -2.43. The Hall–Kier alpha value is -1.34. The van der Waals surface area contributed by atoms with Crippen molar-refractivity contribution >= 4 is 22.0 Å². The van der Waals surface area contributed by atoms with Crippen LogP contribution in [0.4, 0.5) is 9.18 Å². The van der Waals surface area contributed by atoms with Crippen LogP contribution >= 0.6 is 15.9 Å². The summed E-state index contributed by atoms with van der Waals surface area (Å²) in [5.41, 5.74) is 0.223. The number of fused-ring (bicyclic) bond motifs is 1. The van der Waals surface area contributed by atoms with E-state index in [1.807, 2.05) is 33.8 Å². The molecule has 0 unspecified atom stereocenters. The summed E-state index contributed by atoms with van der Waals surface area (Å²) in [4.78, 5) is 14.1. The van der Waals surface area contributed by atoms with E-state index < -0.39 is 11.4 Å². The molecule has 140 valence electrons. The van der Waals surface area contributed by atoms with Gasteiger partial charge in [0, 0.05) is 37.7 Å². The highest BCUT2D eigenvalue weighted by Crippen LogP contribution is 2.30. The van der Waals surface area contributed by atoms with Crippen LogP contribution in [0.3, 0.4) is 0 Å². The van der Waals surface area contributed by atoms with Gasteiger partial charge in [-0.25, -0.2) is 9.18 Å². The van der Waals surface area contributed by atoms with Crippen molar-refractivity contribution in [2.24, 2.45) is 5.92 Å². The fourth-order valence-corrected chi connectivity index (χ4v) is 2.85. The zero-order valence-electron chi connectivity index (χ0n) is 15.2. The van der Waals surface area contributed by atoms with Crippen LogP contribution in [0.2, 0.25) is 0 Å². The largest absolute Gasteiger partial charge is 0.490 e. The van der Waals surface area contributed by atoms with Gasteiger partial charge in [0.15, 0.2) is 11.6 Å². The summed E-state index contributed by atoms with van der Waals surface area (Å²) in [5, 5.41) is 3.24. The molecule has 0 spiro atoms. The molecule has 1 aliphatic rings. The smallest absolute Gasteiger partial charge is 0.410 e. The highest BCUT2D eigenvalue weighted by Gasteiger charge is 2.24. The normalized spacial score (nSPS) is 19.4. The topological polar surface area (TPSA) is 50.8 Å². The maximum absolute atomic E-state index is 14.4. The van der Waals surface area contributed by atoms with Crippen LogP contribution in [-0.2, 0) is 11.3 Å². The molecular formula is C18H26BrFN2O3. The van der Waals surface area contributed by atoms with Crippen molar-refractivity contribution in [1.29, 1.82) is 0 Å². The Bertz CT molecular complexity index is 619. The fraction of sp³-hybridized carbons (Fsp3) is 0.611. The van der Waals surface area contributed by atoms with Gasteiger partial charge >= 0.3 is 6.09 Å². The van der Waals surface area contributed by atoms with Crippen molar-refractivity contribution in [3.63, 3.8) is 0 Å². The first kappa shape index (κ1) is 20.0. The standard InChI is InChI=1S/C18H26BrFN2O3/c1-12-10-22(17(23)25-18(2,3)4)8-7-21-9-13-5-6-14(19)15(20)16(13)24-11-12/h5-6,12,21H,7-11H2,1-4H3/t12-/m1/s1. The second-order valence-corrected chi connectivity index (χ2v) is 8.22. The third kappa shape index (κ3) is 5.85. The average Bonchev–Trinajstić information content (AvgIpc) is 2.53. The summed E-state index contributed by atoms with van der Waals surface area (Å²) >= 11 is 3.20. The minimum atomic E-state index is -0.540. The molecule has 1 heterocycles. The van der Waals surface area contributed by atoms with Gasteiger partial charge < -0.3 is 19.7 Å². The van der Waals surface area contributed by atoms with Crippen LogP contribution in [-0.4, -0.2) is 42.8 Å². The number of hydrogen-bond acceptors (Lipinski definition) is 4. The van der Waals surface area contributed by atoms with Crippen LogP contribution < -0.4 is 10.1 Å². The van der Waals surface area contributed by atoms with Gasteiger partial charge in [-0.2, -0.15) is 0 Å². The van der Waals surface area contributed by atoms with E-state index in [-0.39, 0.29) is 17.8 Å². The summed E-state index contributed by atoms with van der Waals surface area (Å²) in [5.74, 6) is -0.0916. The minimum Gasteiger partial charge on any atom is -0.490 e. The molecule has 5 nitrogen and oxygen atoms in total. The van der Waals surface area contributed by atoms with E-state index >= 15 is 0 Å². The van der Waals surface area contributed by atoms with Gasteiger partial charge in [-0.3, -0.25) is 0 Å². The van der Waals surface area contributed by atoms with E-state index in [2.05, 4.69) is 21.2 Å². The van der Waals surface area contributed by atoms with Gasteiger partial charge in [0.2, 0.25) is 0 Å². The van der Waals surface area contributed by atoms with Gasteiger partial charge in [-0.15, -0.1) is 0 Å². The van der Waals surface area contributed by atoms with Crippen molar-refractivity contribution in [1.82, 2.24) is 10.2 Å². The molecule has 1 aliphatic heterocycles. The molecule has 7 heteroatoms. The number of hydrogen-bond donors (Lipinski definition) is 1. The number of benzene rings is 1. The van der Waals surface area contributed by atoms with E-state index in [9.17, 15) is 9.18 Å². The van der Waals surface area contributed by atoms with Crippen molar-refractivity contribution in [3.05, 3.63) is 28.0 Å². The zero-order chi connectivity index (χ0) is 18.6. The van der Waals surface area contributed by atoms with Crippen molar-refractivity contribution < 1.29 is 18.7 Å². The minimum absolute atomic E-state index is 0.0387. The molecular weight excluding hydrogens is 391 g/mol. The molecule has 0 aromatic heterocycles. The third-order valence-electron chi connectivity index (χ3n) is 3.70. The second-order valence-electron chi connectivity index (χ2n) is 7.37. The zero-order valence-corrected chi connectivity index (χ0v) is 16.8. The number of amides is 1. The summed E-state index contributed by atoms with van der Waals surface area (Å²) in [6.07, 6.45) is -0.341. The van der Waals surface area contributed by atoms with Crippen LogP contribution in [0.5, 0.6) is 5.75 Å². The molecule has 2 rings (SSSR count). The highest BCUT2D eigenvalue weighted by molar-refractivity contribution is 9.10. The Labute approximate surface area is 157 Å². The van der Waals surface area contributed by atoms with Crippen molar-refractivity contribution in [3.8, 4) is 5.75 Å². The molecule has 1 N–H and O–H groups in total. The maximum Gasteiger partial charge on any atom is 0.410 e. The summed E-state index contributed by atoms with van der Waals surface area (Å²) in [6.45, 7) is 9.89. The Morgan fingerprint density at radius 1 is 1.44 bits per heavy atom. The van der Waals surface area contributed by atoms with Crippen LogP contribution in [0.25, 0.3) is 0 Å². The van der Waals surface area contributed by atoms with Gasteiger partial charge in [0.25, 0.3) is 0 Å². The number of carbonyl (C=O) groups is 1. The summed E-state index contributed by atoms with van der Waals surface area (Å²) < 4.78 is 26.0. The molecule has 0 fully saturated rings. The molecule has 1 aromatic rings. The van der Waals surface area contributed by atoms with E-state index in [0.717, 1.165) is 5.56 Å². The number of nitrogens with zero attached hydrogens (tertiary/aromatic N) is 1. The van der Waals surface area contributed by atoms with E-state index in [4.69, 9.17) is 9.47 Å². The lowest BCUT2D eigenvalue weighted by molar-refractivity contribution is 0.0214. The van der Waals surface area contributed by atoms with Crippen LogP contribution in [0.1, 0.15) is 33.3 Å². The molecule has 25 heavy (non-hydrogen) atoms.